The third-order valence-corrected chi connectivity index (χ3v) is 5.84. The first-order valence-electron chi connectivity index (χ1n) is 8.91. The van der Waals surface area contributed by atoms with Gasteiger partial charge in [0.1, 0.15) is 0 Å². The molecule has 0 bridgehead atoms. The van der Waals surface area contributed by atoms with Gasteiger partial charge in [-0.3, -0.25) is 0 Å². The molecule has 2 aromatic carbocycles. The van der Waals surface area contributed by atoms with Crippen molar-refractivity contribution >= 4 is 0 Å². The van der Waals surface area contributed by atoms with E-state index in [9.17, 15) is 0 Å². The Hall–Kier alpha value is -0.890. The van der Waals surface area contributed by atoms with Gasteiger partial charge in [-0.25, -0.2) is 0 Å². The van der Waals surface area contributed by atoms with Crippen LogP contribution in [0.1, 0.15) is 43.2 Å². The number of hydrogen-bond acceptors (Lipinski definition) is 0. The van der Waals surface area contributed by atoms with Crippen LogP contribution in [0.4, 0.5) is 0 Å². The van der Waals surface area contributed by atoms with E-state index in [4.69, 9.17) is 0 Å². The summed E-state index contributed by atoms with van der Waals surface area (Å²) in [5.74, 6) is 0.427. The fourth-order valence-corrected chi connectivity index (χ4v) is 4.60. The third-order valence-electron chi connectivity index (χ3n) is 5.84. The maximum absolute atomic E-state index is 3.97. The molecule has 0 aliphatic heterocycles. The normalized spacial score (nSPS) is 16.0. The molecule has 0 radical (unpaired) electrons. The molecule has 0 nitrogen and oxygen atoms in total. The monoisotopic (exact) mass is 562 g/mol. The van der Waals surface area contributed by atoms with Crippen molar-refractivity contribution in [3.8, 4) is 11.1 Å². The average molecular weight is 562 g/mol. The summed E-state index contributed by atoms with van der Waals surface area (Å²) >= 11 is 0. The van der Waals surface area contributed by atoms with Crippen molar-refractivity contribution in [3.05, 3.63) is 96.1 Å². The number of hydrogen-bond donors (Lipinski definition) is 0. The molecule has 140 valence electrons. The largest absolute Gasteiger partial charge is 1.00 e. The van der Waals surface area contributed by atoms with Gasteiger partial charge in [0.2, 0.25) is 0 Å². The zero-order valence-corrected chi connectivity index (χ0v) is 20.7. The molecule has 0 fully saturated rings. The molecule has 0 aromatic heterocycles. The molecule has 4 rings (SSSR count). The van der Waals surface area contributed by atoms with Crippen molar-refractivity contribution in [2.24, 2.45) is 5.41 Å². The number of benzene rings is 2. The Balaban J connectivity index is 0.00000121. The van der Waals surface area contributed by atoms with Crippen molar-refractivity contribution in [1.82, 2.24) is 0 Å². The molecule has 0 N–H and O–H groups in total. The van der Waals surface area contributed by atoms with Crippen LogP contribution in [0.15, 0.2) is 85.0 Å². The van der Waals surface area contributed by atoms with E-state index in [0.29, 0.717) is 5.92 Å². The molecule has 0 saturated heterocycles. The second-order valence-corrected chi connectivity index (χ2v) is 7.18. The maximum atomic E-state index is 3.97. The Labute approximate surface area is 194 Å². The van der Waals surface area contributed by atoms with Crippen LogP contribution < -0.4 is 24.8 Å². The van der Waals surface area contributed by atoms with Crippen LogP contribution in [-0.2, 0) is 25.8 Å². The van der Waals surface area contributed by atoms with E-state index in [1.54, 1.807) is 5.57 Å². The predicted octanol–water partition coefficient (Wildman–Crippen LogP) is 0.663. The Morgan fingerprint density at radius 3 is 2.04 bits per heavy atom. The van der Waals surface area contributed by atoms with Crippen molar-refractivity contribution in [3.63, 3.8) is 0 Å². The third kappa shape index (κ3) is 4.11. The van der Waals surface area contributed by atoms with Crippen LogP contribution in [0.3, 0.4) is 0 Å². The topological polar surface area (TPSA) is 0 Å². The minimum Gasteiger partial charge on any atom is -1.00 e. The molecule has 0 heterocycles. The summed E-state index contributed by atoms with van der Waals surface area (Å²) < 4.78 is 0. The van der Waals surface area contributed by atoms with Gasteiger partial charge in [0.05, 0.1) is 0 Å². The van der Waals surface area contributed by atoms with E-state index in [1.165, 1.54) is 22.3 Å². The van der Waals surface area contributed by atoms with E-state index in [0.717, 1.165) is 19.3 Å². The van der Waals surface area contributed by atoms with Crippen molar-refractivity contribution in [2.75, 3.05) is 0 Å². The summed E-state index contributed by atoms with van der Waals surface area (Å²) in [7, 11) is 0. The quantitative estimate of drug-likeness (QED) is 0.372. The summed E-state index contributed by atoms with van der Waals surface area (Å²) in [6.07, 6.45) is 12.2. The molecule has 0 saturated carbocycles. The molecule has 0 spiro atoms. The smallest absolute Gasteiger partial charge is 0.0193 e. The van der Waals surface area contributed by atoms with Gasteiger partial charge in [0.25, 0.3) is 0 Å². The molecular formula is C24H24Cl2Hf-2. The van der Waals surface area contributed by atoms with Crippen LogP contribution in [0, 0.1) is 5.41 Å². The van der Waals surface area contributed by atoms with Gasteiger partial charge in [-0.2, -0.15) is 0 Å². The average Bonchev–Trinajstić information content (AvgIpc) is 3.26. The molecular weight excluding hydrogens is 538 g/mol. The summed E-state index contributed by atoms with van der Waals surface area (Å²) in [4.78, 5) is 0. The first-order valence-corrected chi connectivity index (χ1v) is 8.91. The molecule has 1 unspecified atom stereocenters. The fourth-order valence-electron chi connectivity index (χ4n) is 4.60. The second-order valence-electron chi connectivity index (χ2n) is 7.18. The van der Waals surface area contributed by atoms with Gasteiger partial charge >= 0.3 is 0 Å². The van der Waals surface area contributed by atoms with Gasteiger partial charge in [-0.1, -0.05) is 85.3 Å². The van der Waals surface area contributed by atoms with Gasteiger partial charge in [0.15, 0.2) is 0 Å². The minimum absolute atomic E-state index is 0. The van der Waals surface area contributed by atoms with Gasteiger partial charge in [-0.05, 0) is 41.5 Å². The molecule has 2 aromatic rings. The Kier molecular flexibility index (Phi) is 8.99. The second kappa shape index (κ2) is 10.1. The Bertz CT molecular complexity index is 807. The number of fused-ring (bicyclic) bond motifs is 3. The summed E-state index contributed by atoms with van der Waals surface area (Å²) in [5, 5.41) is 0. The van der Waals surface area contributed by atoms with E-state index in [-0.39, 0.29) is 56.1 Å². The Morgan fingerprint density at radius 1 is 1.00 bits per heavy atom. The molecule has 2 aliphatic rings. The first kappa shape index (κ1) is 24.1. The zero-order chi connectivity index (χ0) is 16.6. The van der Waals surface area contributed by atoms with Gasteiger partial charge < -0.3 is 24.8 Å². The van der Waals surface area contributed by atoms with E-state index in [1.807, 2.05) is 0 Å². The molecule has 0 amide bonds. The van der Waals surface area contributed by atoms with Crippen LogP contribution >= 0.6 is 0 Å². The summed E-state index contributed by atoms with van der Waals surface area (Å²) in [5.41, 5.74) is 7.47. The van der Waals surface area contributed by atoms with Crippen LogP contribution in [0.25, 0.3) is 11.1 Å². The SMILES string of the molecule is C=CCCC(C)(C1=CC=CC1)C1c2ccccc2-c2ccccc21.[Cl-].[Cl-].[Hf]. The van der Waals surface area contributed by atoms with E-state index < -0.39 is 0 Å². The van der Waals surface area contributed by atoms with E-state index >= 15 is 0 Å². The summed E-state index contributed by atoms with van der Waals surface area (Å²) in [6, 6.07) is 17.9. The van der Waals surface area contributed by atoms with Crippen LogP contribution in [0.5, 0.6) is 0 Å². The van der Waals surface area contributed by atoms with Crippen molar-refractivity contribution in [2.45, 2.75) is 32.1 Å². The molecule has 27 heavy (non-hydrogen) atoms. The number of allylic oxidation sites excluding steroid dienone is 5. The first-order chi connectivity index (χ1) is 11.8. The Morgan fingerprint density at radius 2 is 1.56 bits per heavy atom. The fraction of sp³-hybridized carbons (Fsp3) is 0.250. The number of halogens is 2. The minimum atomic E-state index is 0. The molecule has 3 heteroatoms. The van der Waals surface area contributed by atoms with Gasteiger partial charge in [0, 0.05) is 37.2 Å². The molecule has 2 aliphatic carbocycles. The van der Waals surface area contributed by atoms with E-state index in [2.05, 4.69) is 86.3 Å². The van der Waals surface area contributed by atoms with Crippen LogP contribution in [0.2, 0.25) is 0 Å². The molecule has 1 atom stereocenters. The van der Waals surface area contributed by atoms with Crippen molar-refractivity contribution in [1.29, 1.82) is 0 Å². The predicted molar refractivity (Wildman–Crippen MR) is 103 cm³/mol. The standard InChI is InChI=1S/C24H24.2ClH.Hf/c1-3-4-17-24(2,18-11-5-6-12-18)23-21-15-9-7-13-19(21)20-14-8-10-16-22(20)23;;;/h3,5-11,13-16,23H,1,4,12,17H2,2H3;2*1H;/p-2. The maximum Gasteiger partial charge on any atom is 0.0193 e. The van der Waals surface area contributed by atoms with Gasteiger partial charge in [-0.15, -0.1) is 6.58 Å². The van der Waals surface area contributed by atoms with Crippen molar-refractivity contribution < 1.29 is 50.7 Å². The summed E-state index contributed by atoms with van der Waals surface area (Å²) in [6.45, 7) is 6.43. The zero-order valence-electron chi connectivity index (χ0n) is 15.6. The van der Waals surface area contributed by atoms with Crippen LogP contribution in [-0.4, -0.2) is 0 Å². The number of rotatable bonds is 5.